The van der Waals surface area contributed by atoms with E-state index in [1.54, 1.807) is 30.3 Å². The molecule has 0 bridgehead atoms. The number of hydrogen-bond donors (Lipinski definition) is 1. The standard InChI is InChI=1S/C8H7NO.H2O/c9-6-8(10)7-4-2-1-3-5-7;/h1-5,8,10H;1H2/t8-;/m1./s1. The molecule has 1 rings (SSSR count). The van der Waals surface area contributed by atoms with E-state index in [2.05, 4.69) is 0 Å². The quantitative estimate of drug-likeness (QED) is 0.590. The first-order valence-corrected chi connectivity index (χ1v) is 2.97. The summed E-state index contributed by atoms with van der Waals surface area (Å²) in [6, 6.07) is 10.6. The van der Waals surface area contributed by atoms with Gasteiger partial charge in [-0.3, -0.25) is 0 Å². The summed E-state index contributed by atoms with van der Waals surface area (Å²) in [5, 5.41) is 17.3. The summed E-state index contributed by atoms with van der Waals surface area (Å²) in [7, 11) is 0. The zero-order chi connectivity index (χ0) is 7.40. The van der Waals surface area contributed by atoms with E-state index in [9.17, 15) is 0 Å². The fourth-order valence-corrected chi connectivity index (χ4v) is 0.710. The van der Waals surface area contributed by atoms with E-state index in [4.69, 9.17) is 10.4 Å². The molecule has 0 heterocycles. The van der Waals surface area contributed by atoms with Crippen molar-refractivity contribution in [3.8, 4) is 6.07 Å². The third-order valence-corrected chi connectivity index (χ3v) is 1.24. The Morgan fingerprint density at radius 1 is 1.27 bits per heavy atom. The van der Waals surface area contributed by atoms with Crippen LogP contribution in [0.15, 0.2) is 30.3 Å². The Hall–Kier alpha value is -1.37. The largest absolute Gasteiger partial charge is 0.412 e. The van der Waals surface area contributed by atoms with Crippen molar-refractivity contribution in [2.45, 2.75) is 6.10 Å². The summed E-state index contributed by atoms with van der Waals surface area (Å²) in [5.41, 5.74) is 0.644. The number of hydrogen-bond acceptors (Lipinski definition) is 2. The van der Waals surface area contributed by atoms with Crippen molar-refractivity contribution in [3.63, 3.8) is 0 Å². The van der Waals surface area contributed by atoms with Gasteiger partial charge in [0.2, 0.25) is 0 Å². The van der Waals surface area contributed by atoms with E-state index < -0.39 is 6.10 Å². The first-order valence-electron chi connectivity index (χ1n) is 2.97. The summed E-state index contributed by atoms with van der Waals surface area (Å²) in [4.78, 5) is 0. The molecular weight excluding hydrogens is 142 g/mol. The second-order valence-corrected chi connectivity index (χ2v) is 1.94. The van der Waals surface area contributed by atoms with Crippen molar-refractivity contribution in [2.75, 3.05) is 0 Å². The number of aliphatic hydroxyl groups excluding tert-OH is 1. The molecule has 0 aromatic heterocycles. The molecule has 11 heavy (non-hydrogen) atoms. The lowest BCUT2D eigenvalue weighted by molar-refractivity contribution is 0.236. The summed E-state index contributed by atoms with van der Waals surface area (Å²) in [6.07, 6.45) is -0.985. The van der Waals surface area contributed by atoms with Crippen molar-refractivity contribution in [2.24, 2.45) is 0 Å². The molecule has 3 N–H and O–H groups in total. The lowest BCUT2D eigenvalue weighted by atomic mass is 10.1. The van der Waals surface area contributed by atoms with E-state index in [1.165, 1.54) is 0 Å². The summed E-state index contributed by atoms with van der Waals surface area (Å²) < 4.78 is 0. The SMILES string of the molecule is N#C[C@@H](O)c1ccccc1.O. The van der Waals surface area contributed by atoms with Crippen molar-refractivity contribution in [1.82, 2.24) is 0 Å². The Morgan fingerprint density at radius 2 is 1.82 bits per heavy atom. The highest BCUT2D eigenvalue weighted by atomic mass is 16.3. The monoisotopic (exact) mass is 151 g/mol. The molecule has 3 nitrogen and oxygen atoms in total. The van der Waals surface area contributed by atoms with Gasteiger partial charge in [-0.1, -0.05) is 30.3 Å². The van der Waals surface area contributed by atoms with E-state index in [1.807, 2.05) is 6.07 Å². The number of benzene rings is 1. The van der Waals surface area contributed by atoms with Gasteiger partial charge in [-0.15, -0.1) is 0 Å². The van der Waals surface area contributed by atoms with Gasteiger partial charge < -0.3 is 10.6 Å². The number of rotatable bonds is 1. The molecule has 58 valence electrons. The predicted molar refractivity (Wildman–Crippen MR) is 40.6 cm³/mol. The smallest absolute Gasteiger partial charge is 0.165 e. The molecule has 0 aliphatic rings. The zero-order valence-corrected chi connectivity index (χ0v) is 5.86. The molecule has 1 aromatic carbocycles. The Kier molecular flexibility index (Phi) is 3.89. The highest BCUT2D eigenvalue weighted by Gasteiger charge is 2.01. The van der Waals surface area contributed by atoms with Gasteiger partial charge in [0.05, 0.1) is 6.07 Å². The molecule has 0 fully saturated rings. The van der Waals surface area contributed by atoms with Crippen LogP contribution in [0.2, 0.25) is 0 Å². The Morgan fingerprint density at radius 3 is 2.27 bits per heavy atom. The normalized spacial score (nSPS) is 10.9. The molecule has 0 amide bonds. The van der Waals surface area contributed by atoms with E-state index >= 15 is 0 Å². The second-order valence-electron chi connectivity index (χ2n) is 1.94. The maximum absolute atomic E-state index is 8.97. The third-order valence-electron chi connectivity index (χ3n) is 1.24. The van der Waals surface area contributed by atoms with Gasteiger partial charge in [0.1, 0.15) is 0 Å². The minimum absolute atomic E-state index is 0. The molecule has 0 aliphatic carbocycles. The Bertz CT molecular complexity index is 240. The van der Waals surface area contributed by atoms with Gasteiger partial charge in [0, 0.05) is 0 Å². The molecule has 0 spiro atoms. The van der Waals surface area contributed by atoms with Gasteiger partial charge in [-0.25, -0.2) is 0 Å². The maximum Gasteiger partial charge on any atom is 0.165 e. The third kappa shape index (κ3) is 2.38. The highest BCUT2D eigenvalue weighted by Crippen LogP contribution is 2.09. The minimum Gasteiger partial charge on any atom is -0.412 e. The Balaban J connectivity index is 0.000001000. The minimum atomic E-state index is -0.985. The van der Waals surface area contributed by atoms with Crippen LogP contribution in [0.1, 0.15) is 11.7 Å². The second kappa shape index (κ2) is 4.45. The zero-order valence-electron chi connectivity index (χ0n) is 5.86. The van der Waals surface area contributed by atoms with Crippen LogP contribution in [0, 0.1) is 11.3 Å². The highest BCUT2D eigenvalue weighted by molar-refractivity contribution is 5.21. The summed E-state index contributed by atoms with van der Waals surface area (Å²) in [6.45, 7) is 0. The van der Waals surface area contributed by atoms with Crippen LogP contribution in [0.4, 0.5) is 0 Å². The lowest BCUT2D eigenvalue weighted by Gasteiger charge is -1.98. The van der Waals surface area contributed by atoms with Gasteiger partial charge in [0.25, 0.3) is 0 Å². The van der Waals surface area contributed by atoms with Gasteiger partial charge in [-0.2, -0.15) is 5.26 Å². The van der Waals surface area contributed by atoms with Crippen LogP contribution in [-0.4, -0.2) is 10.6 Å². The van der Waals surface area contributed by atoms with Crippen LogP contribution < -0.4 is 0 Å². The van der Waals surface area contributed by atoms with Gasteiger partial charge >= 0.3 is 0 Å². The van der Waals surface area contributed by atoms with E-state index in [0.29, 0.717) is 5.56 Å². The molecule has 1 atom stereocenters. The first-order chi connectivity index (χ1) is 4.84. The summed E-state index contributed by atoms with van der Waals surface area (Å²) >= 11 is 0. The van der Waals surface area contributed by atoms with E-state index in [-0.39, 0.29) is 5.48 Å². The van der Waals surface area contributed by atoms with Crippen molar-refractivity contribution in [3.05, 3.63) is 35.9 Å². The molecule has 3 heteroatoms. The fourth-order valence-electron chi connectivity index (χ4n) is 0.710. The fraction of sp³-hybridized carbons (Fsp3) is 0.125. The Labute approximate surface area is 64.8 Å². The van der Waals surface area contributed by atoms with Crippen LogP contribution in [-0.2, 0) is 0 Å². The molecule has 1 aromatic rings. The number of nitriles is 1. The topological polar surface area (TPSA) is 75.5 Å². The molecule has 0 aliphatic heterocycles. The molecular formula is C8H9NO2. The van der Waals surface area contributed by atoms with E-state index in [0.717, 1.165) is 0 Å². The number of aliphatic hydroxyl groups is 1. The maximum atomic E-state index is 8.97. The average Bonchev–Trinajstić information content (AvgIpc) is 2.05. The molecule has 0 unspecified atom stereocenters. The predicted octanol–water partition coefficient (Wildman–Crippen LogP) is 0.419. The lowest BCUT2D eigenvalue weighted by Crippen LogP contribution is -1.90. The van der Waals surface area contributed by atoms with Crippen molar-refractivity contribution in [1.29, 1.82) is 5.26 Å². The van der Waals surface area contributed by atoms with Crippen molar-refractivity contribution >= 4 is 0 Å². The van der Waals surface area contributed by atoms with Gasteiger partial charge in [0.15, 0.2) is 6.10 Å². The van der Waals surface area contributed by atoms with Crippen molar-refractivity contribution < 1.29 is 10.6 Å². The van der Waals surface area contributed by atoms with Crippen LogP contribution in [0.3, 0.4) is 0 Å². The molecule has 0 saturated carbocycles. The molecule has 0 saturated heterocycles. The van der Waals surface area contributed by atoms with Crippen LogP contribution >= 0.6 is 0 Å². The van der Waals surface area contributed by atoms with Crippen LogP contribution in [0.25, 0.3) is 0 Å². The molecule has 0 radical (unpaired) electrons. The average molecular weight is 151 g/mol. The van der Waals surface area contributed by atoms with Gasteiger partial charge in [-0.05, 0) is 5.56 Å². The van der Waals surface area contributed by atoms with Crippen LogP contribution in [0.5, 0.6) is 0 Å². The first kappa shape index (κ1) is 9.63. The summed E-state index contributed by atoms with van der Waals surface area (Å²) in [5.74, 6) is 0. The number of nitrogens with zero attached hydrogens (tertiary/aromatic N) is 1.